The van der Waals surface area contributed by atoms with E-state index in [-0.39, 0.29) is 0 Å². The lowest BCUT2D eigenvalue weighted by atomic mass is 9.89. The minimum Gasteiger partial charge on any atom is -0.316 e. The van der Waals surface area contributed by atoms with Crippen molar-refractivity contribution in [2.24, 2.45) is 5.41 Å². The van der Waals surface area contributed by atoms with Crippen molar-refractivity contribution in [2.45, 2.75) is 52.4 Å². The number of rotatable bonds is 5. The molecule has 1 aliphatic rings. The van der Waals surface area contributed by atoms with Crippen LogP contribution >= 0.6 is 0 Å². The van der Waals surface area contributed by atoms with Crippen molar-refractivity contribution in [3.8, 4) is 0 Å². The summed E-state index contributed by atoms with van der Waals surface area (Å²) < 4.78 is 0. The minimum atomic E-state index is 0.633. The van der Waals surface area contributed by atoms with Crippen molar-refractivity contribution in [2.75, 3.05) is 13.1 Å². The average molecular weight is 169 g/mol. The van der Waals surface area contributed by atoms with E-state index in [2.05, 4.69) is 19.2 Å². The Morgan fingerprint density at radius 3 is 2.50 bits per heavy atom. The highest BCUT2D eigenvalue weighted by atomic mass is 14.9. The van der Waals surface area contributed by atoms with Crippen LogP contribution in [0, 0.1) is 5.41 Å². The molecule has 1 fully saturated rings. The fourth-order valence-corrected chi connectivity index (χ4v) is 2.10. The van der Waals surface area contributed by atoms with Crippen LogP contribution in [0.4, 0.5) is 0 Å². The van der Waals surface area contributed by atoms with E-state index in [0.29, 0.717) is 5.41 Å². The van der Waals surface area contributed by atoms with Crippen LogP contribution in [0.15, 0.2) is 0 Å². The zero-order valence-electron chi connectivity index (χ0n) is 8.66. The molecule has 0 saturated heterocycles. The van der Waals surface area contributed by atoms with E-state index in [1.54, 1.807) is 0 Å². The van der Waals surface area contributed by atoms with Crippen molar-refractivity contribution < 1.29 is 0 Å². The van der Waals surface area contributed by atoms with Gasteiger partial charge in [-0.15, -0.1) is 0 Å². The van der Waals surface area contributed by atoms with Gasteiger partial charge >= 0.3 is 0 Å². The molecule has 0 spiro atoms. The van der Waals surface area contributed by atoms with E-state index in [9.17, 15) is 0 Å². The van der Waals surface area contributed by atoms with Gasteiger partial charge in [-0.1, -0.05) is 33.1 Å². The highest BCUT2D eigenvalue weighted by molar-refractivity contribution is 4.81. The smallest absolute Gasteiger partial charge is 0.000516 e. The van der Waals surface area contributed by atoms with Crippen molar-refractivity contribution in [3.63, 3.8) is 0 Å². The maximum atomic E-state index is 3.57. The maximum absolute atomic E-state index is 3.57. The minimum absolute atomic E-state index is 0.633. The van der Waals surface area contributed by atoms with Crippen LogP contribution in [-0.4, -0.2) is 13.1 Å². The van der Waals surface area contributed by atoms with E-state index in [0.717, 1.165) is 0 Å². The van der Waals surface area contributed by atoms with Gasteiger partial charge in [-0.2, -0.15) is 0 Å². The maximum Gasteiger partial charge on any atom is 0.000516 e. The number of hydrogen-bond donors (Lipinski definition) is 1. The molecule has 0 unspecified atom stereocenters. The lowest BCUT2D eigenvalue weighted by molar-refractivity contribution is 0.315. The van der Waals surface area contributed by atoms with E-state index in [1.807, 2.05) is 0 Å². The van der Waals surface area contributed by atoms with Crippen molar-refractivity contribution in [1.82, 2.24) is 5.32 Å². The van der Waals surface area contributed by atoms with Gasteiger partial charge in [0.2, 0.25) is 0 Å². The topological polar surface area (TPSA) is 12.0 Å². The van der Waals surface area contributed by atoms with Crippen LogP contribution in [0.5, 0.6) is 0 Å². The molecule has 1 aliphatic carbocycles. The Hall–Kier alpha value is -0.0400. The SMILES string of the molecule is CCCCNCC1(C)CCCC1. The molecular weight excluding hydrogens is 146 g/mol. The Bertz CT molecular complexity index is 114. The average Bonchev–Trinajstić information content (AvgIpc) is 2.47. The molecule has 12 heavy (non-hydrogen) atoms. The lowest BCUT2D eigenvalue weighted by Gasteiger charge is -2.23. The van der Waals surface area contributed by atoms with Gasteiger partial charge < -0.3 is 5.32 Å². The van der Waals surface area contributed by atoms with Crippen LogP contribution in [-0.2, 0) is 0 Å². The van der Waals surface area contributed by atoms with Crippen LogP contribution < -0.4 is 5.32 Å². The lowest BCUT2D eigenvalue weighted by Crippen LogP contribution is -2.30. The third kappa shape index (κ3) is 3.14. The van der Waals surface area contributed by atoms with Crippen LogP contribution in [0.25, 0.3) is 0 Å². The summed E-state index contributed by atoms with van der Waals surface area (Å²) in [5, 5.41) is 3.57. The van der Waals surface area contributed by atoms with Crippen molar-refractivity contribution in [1.29, 1.82) is 0 Å². The molecule has 0 aromatic heterocycles. The summed E-state index contributed by atoms with van der Waals surface area (Å²) in [5.74, 6) is 0. The predicted molar refractivity (Wildman–Crippen MR) is 54.4 cm³/mol. The van der Waals surface area contributed by atoms with Crippen molar-refractivity contribution in [3.05, 3.63) is 0 Å². The Morgan fingerprint density at radius 1 is 1.25 bits per heavy atom. The summed E-state index contributed by atoms with van der Waals surface area (Å²) in [7, 11) is 0. The molecule has 0 aromatic carbocycles. The fourth-order valence-electron chi connectivity index (χ4n) is 2.10. The van der Waals surface area contributed by atoms with E-state index >= 15 is 0 Å². The van der Waals surface area contributed by atoms with E-state index in [1.165, 1.54) is 51.6 Å². The van der Waals surface area contributed by atoms with Gasteiger partial charge in [0, 0.05) is 6.54 Å². The molecule has 0 bridgehead atoms. The molecule has 72 valence electrons. The summed E-state index contributed by atoms with van der Waals surface area (Å²) in [6.45, 7) is 7.14. The molecule has 0 amide bonds. The third-order valence-electron chi connectivity index (χ3n) is 3.07. The molecule has 1 nitrogen and oxygen atoms in total. The van der Waals surface area contributed by atoms with E-state index in [4.69, 9.17) is 0 Å². The molecule has 0 atom stereocenters. The fraction of sp³-hybridized carbons (Fsp3) is 1.00. The summed E-state index contributed by atoms with van der Waals surface area (Å²) in [6.07, 6.45) is 8.41. The third-order valence-corrected chi connectivity index (χ3v) is 3.07. The number of hydrogen-bond acceptors (Lipinski definition) is 1. The highest BCUT2D eigenvalue weighted by Gasteiger charge is 2.27. The molecule has 1 heteroatoms. The Balaban J connectivity index is 2.05. The first-order valence-electron chi connectivity index (χ1n) is 5.47. The van der Waals surface area contributed by atoms with Gasteiger partial charge in [-0.05, 0) is 31.2 Å². The molecule has 1 saturated carbocycles. The van der Waals surface area contributed by atoms with Gasteiger partial charge in [-0.25, -0.2) is 0 Å². The number of nitrogens with one attached hydrogen (secondary N) is 1. The second-order valence-corrected chi connectivity index (χ2v) is 4.55. The number of unbranched alkanes of at least 4 members (excludes halogenated alkanes) is 1. The van der Waals surface area contributed by atoms with Gasteiger partial charge in [0.25, 0.3) is 0 Å². The standard InChI is InChI=1S/C11H23N/c1-3-4-9-12-10-11(2)7-5-6-8-11/h12H,3-10H2,1-2H3. The summed E-state index contributed by atoms with van der Waals surface area (Å²) in [5.41, 5.74) is 0.633. The zero-order chi connectivity index (χ0) is 8.86. The Labute approximate surface area is 76.9 Å². The second kappa shape index (κ2) is 4.86. The summed E-state index contributed by atoms with van der Waals surface area (Å²) in [4.78, 5) is 0. The van der Waals surface area contributed by atoms with Crippen LogP contribution in [0.2, 0.25) is 0 Å². The zero-order valence-corrected chi connectivity index (χ0v) is 8.66. The first kappa shape index (κ1) is 10.0. The normalized spacial score (nSPS) is 21.5. The molecule has 1 rings (SSSR count). The monoisotopic (exact) mass is 169 g/mol. The molecule has 0 aromatic rings. The molecule has 0 aliphatic heterocycles. The van der Waals surface area contributed by atoms with Gasteiger partial charge in [0.15, 0.2) is 0 Å². The van der Waals surface area contributed by atoms with E-state index < -0.39 is 0 Å². The quantitative estimate of drug-likeness (QED) is 0.624. The first-order valence-corrected chi connectivity index (χ1v) is 5.47. The van der Waals surface area contributed by atoms with Gasteiger partial charge in [0.1, 0.15) is 0 Å². The Kier molecular flexibility index (Phi) is 4.07. The molecule has 1 N–H and O–H groups in total. The van der Waals surface area contributed by atoms with Crippen molar-refractivity contribution >= 4 is 0 Å². The first-order chi connectivity index (χ1) is 5.77. The van der Waals surface area contributed by atoms with Gasteiger partial charge in [-0.3, -0.25) is 0 Å². The molecular formula is C11H23N. The molecule has 0 radical (unpaired) electrons. The largest absolute Gasteiger partial charge is 0.316 e. The summed E-state index contributed by atoms with van der Waals surface area (Å²) in [6, 6.07) is 0. The molecule has 0 heterocycles. The van der Waals surface area contributed by atoms with Crippen LogP contribution in [0.3, 0.4) is 0 Å². The van der Waals surface area contributed by atoms with Crippen LogP contribution in [0.1, 0.15) is 52.4 Å². The Morgan fingerprint density at radius 2 is 1.92 bits per heavy atom. The van der Waals surface area contributed by atoms with Gasteiger partial charge in [0.05, 0.1) is 0 Å². The predicted octanol–water partition coefficient (Wildman–Crippen LogP) is 2.96. The second-order valence-electron chi connectivity index (χ2n) is 4.55. The highest BCUT2D eigenvalue weighted by Crippen LogP contribution is 2.36. The summed E-state index contributed by atoms with van der Waals surface area (Å²) >= 11 is 0.